The van der Waals surface area contributed by atoms with E-state index < -0.39 is 0 Å². The molecule has 3 N–H and O–H groups in total. The number of benzene rings is 3. The first-order valence-corrected chi connectivity index (χ1v) is 10.6. The highest BCUT2D eigenvalue weighted by molar-refractivity contribution is 6.07. The van der Waals surface area contributed by atoms with Crippen LogP contribution in [-0.4, -0.2) is 17.7 Å². The quantitative estimate of drug-likeness (QED) is 0.512. The smallest absolute Gasteiger partial charge is 0.255 e. The number of hydrogen-bond acceptors (Lipinski definition) is 3. The number of carbonyl (C=O) groups excluding carboxylic acids is 3. The fraction of sp³-hybridized carbons (Fsp3) is 0.192. The second-order valence-electron chi connectivity index (χ2n) is 8.19. The van der Waals surface area contributed by atoms with Crippen LogP contribution in [0.15, 0.2) is 72.8 Å². The number of rotatable bonds is 6. The van der Waals surface area contributed by atoms with Crippen LogP contribution in [-0.2, 0) is 4.79 Å². The van der Waals surface area contributed by atoms with Gasteiger partial charge in [0, 0.05) is 34.1 Å². The van der Waals surface area contributed by atoms with Crippen LogP contribution in [0.2, 0.25) is 0 Å². The van der Waals surface area contributed by atoms with Gasteiger partial charge >= 0.3 is 0 Å². The van der Waals surface area contributed by atoms with Gasteiger partial charge in [-0.3, -0.25) is 14.4 Å². The Labute approximate surface area is 187 Å². The summed E-state index contributed by atoms with van der Waals surface area (Å²) < 4.78 is 0. The molecule has 0 unspecified atom stereocenters. The highest BCUT2D eigenvalue weighted by Crippen LogP contribution is 2.38. The summed E-state index contributed by atoms with van der Waals surface area (Å²) >= 11 is 0. The topological polar surface area (TPSA) is 87.3 Å². The monoisotopic (exact) mass is 427 g/mol. The molecule has 0 bridgehead atoms. The maximum atomic E-state index is 12.7. The van der Waals surface area contributed by atoms with E-state index in [4.69, 9.17) is 0 Å². The molecular formula is C26H25N3O3. The van der Waals surface area contributed by atoms with Crippen LogP contribution in [0.1, 0.15) is 39.6 Å². The van der Waals surface area contributed by atoms with Crippen LogP contribution in [0.3, 0.4) is 0 Å². The van der Waals surface area contributed by atoms with Gasteiger partial charge in [-0.15, -0.1) is 0 Å². The lowest BCUT2D eigenvalue weighted by molar-refractivity contribution is -0.117. The molecule has 162 valence electrons. The highest BCUT2D eigenvalue weighted by atomic mass is 16.2. The summed E-state index contributed by atoms with van der Waals surface area (Å²) in [6.07, 6.45) is 0.927. The van der Waals surface area contributed by atoms with Crippen LogP contribution in [0.25, 0.3) is 0 Å². The SMILES string of the molecule is Cc1ccc(NC(=O)c2ccccc2)cc1NC(=O)c1ccc(NC(=O)[C@H]2C[C@H]2C)cc1. The summed E-state index contributed by atoms with van der Waals surface area (Å²) in [6, 6.07) is 21.1. The molecule has 6 nitrogen and oxygen atoms in total. The average molecular weight is 428 g/mol. The molecule has 6 heteroatoms. The number of aryl methyl sites for hydroxylation is 1. The molecule has 4 rings (SSSR count). The van der Waals surface area contributed by atoms with Crippen molar-refractivity contribution in [2.45, 2.75) is 20.3 Å². The van der Waals surface area contributed by atoms with Crippen LogP contribution < -0.4 is 16.0 Å². The molecule has 1 fully saturated rings. The molecule has 1 aliphatic rings. The van der Waals surface area contributed by atoms with Gasteiger partial charge in [0.05, 0.1) is 0 Å². The fourth-order valence-corrected chi connectivity index (χ4v) is 3.45. The van der Waals surface area contributed by atoms with Gasteiger partial charge in [0.1, 0.15) is 0 Å². The van der Waals surface area contributed by atoms with Gasteiger partial charge < -0.3 is 16.0 Å². The molecule has 3 amide bonds. The Kier molecular flexibility index (Phi) is 6.03. The Morgan fingerprint density at radius 2 is 1.34 bits per heavy atom. The number of hydrogen-bond donors (Lipinski definition) is 3. The van der Waals surface area contributed by atoms with Crippen LogP contribution in [0.5, 0.6) is 0 Å². The molecule has 0 radical (unpaired) electrons. The van der Waals surface area contributed by atoms with E-state index in [1.165, 1.54) is 0 Å². The molecule has 0 aliphatic heterocycles. The van der Waals surface area contributed by atoms with Gasteiger partial charge in [-0.1, -0.05) is 31.2 Å². The molecule has 3 aromatic carbocycles. The van der Waals surface area contributed by atoms with E-state index in [1.807, 2.05) is 19.1 Å². The van der Waals surface area contributed by atoms with E-state index in [0.29, 0.717) is 34.1 Å². The maximum absolute atomic E-state index is 12.7. The Hall–Kier alpha value is -3.93. The summed E-state index contributed by atoms with van der Waals surface area (Å²) in [4.78, 5) is 37.2. The van der Waals surface area contributed by atoms with E-state index in [2.05, 4.69) is 22.9 Å². The zero-order chi connectivity index (χ0) is 22.7. The van der Waals surface area contributed by atoms with Gasteiger partial charge in [-0.2, -0.15) is 0 Å². The average Bonchev–Trinajstić information content (AvgIpc) is 3.54. The van der Waals surface area contributed by atoms with Crippen LogP contribution in [0.4, 0.5) is 17.1 Å². The van der Waals surface area contributed by atoms with Crippen molar-refractivity contribution in [2.75, 3.05) is 16.0 Å². The first kappa shape index (κ1) is 21.3. The second kappa shape index (κ2) is 9.06. The van der Waals surface area contributed by atoms with Crippen molar-refractivity contribution in [3.05, 3.63) is 89.5 Å². The van der Waals surface area contributed by atoms with Gasteiger partial charge in [0.15, 0.2) is 0 Å². The van der Waals surface area contributed by atoms with Crippen molar-refractivity contribution in [3.8, 4) is 0 Å². The lowest BCUT2D eigenvalue weighted by atomic mass is 10.1. The van der Waals surface area contributed by atoms with Crippen molar-refractivity contribution < 1.29 is 14.4 Å². The van der Waals surface area contributed by atoms with Gasteiger partial charge in [-0.05, 0) is 73.4 Å². The minimum atomic E-state index is -0.270. The predicted molar refractivity (Wildman–Crippen MR) is 126 cm³/mol. The molecule has 1 saturated carbocycles. The summed E-state index contributed by atoms with van der Waals surface area (Å²) in [5.74, 6) is 0.0742. The third-order valence-electron chi connectivity index (χ3n) is 5.64. The standard InChI is InChI=1S/C26H25N3O3/c1-16-8-11-21(28-24(30)18-6-4-3-5-7-18)15-23(16)29-25(31)19-9-12-20(13-10-19)27-26(32)22-14-17(22)2/h3-13,15,17,22H,14H2,1-2H3,(H,27,32)(H,28,30)(H,29,31)/t17-,22+/m1/s1. The Morgan fingerprint density at radius 1 is 0.750 bits per heavy atom. The Balaban J connectivity index is 1.40. The zero-order valence-electron chi connectivity index (χ0n) is 18.0. The van der Waals surface area contributed by atoms with Gasteiger partial charge in [0.2, 0.25) is 5.91 Å². The fourth-order valence-electron chi connectivity index (χ4n) is 3.45. The predicted octanol–water partition coefficient (Wildman–Crippen LogP) is 5.09. The van der Waals surface area contributed by atoms with Crippen molar-refractivity contribution in [2.24, 2.45) is 11.8 Å². The van der Waals surface area contributed by atoms with Crippen molar-refractivity contribution in [1.29, 1.82) is 0 Å². The number of carbonyl (C=O) groups is 3. The van der Waals surface area contributed by atoms with Crippen molar-refractivity contribution in [3.63, 3.8) is 0 Å². The third-order valence-corrected chi connectivity index (χ3v) is 5.64. The van der Waals surface area contributed by atoms with E-state index in [9.17, 15) is 14.4 Å². The molecule has 2 atom stereocenters. The molecule has 0 aromatic heterocycles. The van der Waals surface area contributed by atoms with E-state index >= 15 is 0 Å². The molecule has 0 saturated heterocycles. The van der Waals surface area contributed by atoms with Crippen molar-refractivity contribution in [1.82, 2.24) is 0 Å². The molecule has 0 spiro atoms. The first-order valence-electron chi connectivity index (χ1n) is 10.6. The minimum Gasteiger partial charge on any atom is -0.326 e. The molecule has 0 heterocycles. The van der Waals surface area contributed by atoms with E-state index in [1.54, 1.807) is 60.7 Å². The molecule has 3 aromatic rings. The number of amides is 3. The second-order valence-corrected chi connectivity index (χ2v) is 8.19. The Bertz CT molecular complexity index is 1160. The largest absolute Gasteiger partial charge is 0.326 e. The number of nitrogens with one attached hydrogen (secondary N) is 3. The highest BCUT2D eigenvalue weighted by Gasteiger charge is 2.39. The Morgan fingerprint density at radius 3 is 2.00 bits per heavy atom. The molecule has 1 aliphatic carbocycles. The van der Waals surface area contributed by atoms with Crippen LogP contribution in [0, 0.1) is 18.8 Å². The van der Waals surface area contributed by atoms with E-state index in [-0.39, 0.29) is 23.6 Å². The third kappa shape index (κ3) is 5.03. The summed E-state index contributed by atoms with van der Waals surface area (Å²) in [5.41, 5.74) is 3.78. The summed E-state index contributed by atoms with van der Waals surface area (Å²) in [6.45, 7) is 3.94. The van der Waals surface area contributed by atoms with Crippen LogP contribution >= 0.6 is 0 Å². The van der Waals surface area contributed by atoms with Gasteiger partial charge in [-0.25, -0.2) is 0 Å². The lowest BCUT2D eigenvalue weighted by Gasteiger charge is -2.12. The van der Waals surface area contributed by atoms with Crippen molar-refractivity contribution >= 4 is 34.8 Å². The first-order chi connectivity index (χ1) is 15.4. The number of anilines is 3. The van der Waals surface area contributed by atoms with Gasteiger partial charge in [0.25, 0.3) is 11.8 Å². The normalized spacial score (nSPS) is 16.7. The summed E-state index contributed by atoms with van der Waals surface area (Å²) in [7, 11) is 0. The maximum Gasteiger partial charge on any atom is 0.255 e. The molecule has 32 heavy (non-hydrogen) atoms. The molecular weight excluding hydrogens is 402 g/mol. The van der Waals surface area contributed by atoms with E-state index in [0.717, 1.165) is 12.0 Å². The minimum absolute atomic E-state index is 0.0275. The zero-order valence-corrected chi connectivity index (χ0v) is 18.0. The summed E-state index contributed by atoms with van der Waals surface area (Å²) in [5, 5.41) is 8.64. The lowest BCUT2D eigenvalue weighted by Crippen LogP contribution is -2.16.